The van der Waals surface area contributed by atoms with Gasteiger partial charge >= 0.3 is 5.63 Å². The fourth-order valence-electron chi connectivity index (χ4n) is 2.25. The van der Waals surface area contributed by atoms with Crippen LogP contribution in [0, 0.1) is 12.8 Å². The molecule has 0 fully saturated rings. The zero-order chi connectivity index (χ0) is 15.6. The maximum atomic E-state index is 12.0. The predicted octanol–water partition coefficient (Wildman–Crippen LogP) is 2.41. The Morgan fingerprint density at radius 1 is 1.33 bits per heavy atom. The molecule has 2 aromatic rings. The van der Waals surface area contributed by atoms with Crippen molar-refractivity contribution in [3.05, 3.63) is 40.2 Å². The average Bonchev–Trinajstić information content (AvgIpc) is 2.37. The van der Waals surface area contributed by atoms with E-state index in [4.69, 9.17) is 10.2 Å². The van der Waals surface area contributed by atoms with Crippen molar-refractivity contribution in [1.82, 2.24) is 0 Å². The minimum Gasteiger partial charge on any atom is -0.423 e. The minimum absolute atomic E-state index is 0.238. The summed E-state index contributed by atoms with van der Waals surface area (Å²) in [6, 6.07) is 6.13. The molecule has 0 aliphatic carbocycles. The Bertz CT molecular complexity index is 719. The highest BCUT2D eigenvalue weighted by atomic mass is 16.4. The van der Waals surface area contributed by atoms with Crippen LogP contribution >= 0.6 is 0 Å². The number of amides is 1. The van der Waals surface area contributed by atoms with Crippen molar-refractivity contribution in [2.24, 2.45) is 11.7 Å². The lowest BCUT2D eigenvalue weighted by atomic mass is 10.0. The van der Waals surface area contributed by atoms with Gasteiger partial charge in [-0.3, -0.25) is 4.79 Å². The fourth-order valence-corrected chi connectivity index (χ4v) is 2.25. The first-order chi connectivity index (χ1) is 9.86. The molecule has 1 atom stereocenters. The third-order valence-electron chi connectivity index (χ3n) is 3.28. The summed E-state index contributed by atoms with van der Waals surface area (Å²) in [5, 5.41) is 3.60. The SMILES string of the molecule is Cc1cc(=O)oc2cc(NC(=O)[C@@H](N)CC(C)C)ccc12. The zero-order valence-corrected chi connectivity index (χ0v) is 12.5. The lowest BCUT2D eigenvalue weighted by Gasteiger charge is -2.14. The Kier molecular flexibility index (Phi) is 4.43. The van der Waals surface area contributed by atoms with Crippen LogP contribution in [0.25, 0.3) is 11.0 Å². The van der Waals surface area contributed by atoms with Crippen molar-refractivity contribution in [3.63, 3.8) is 0 Å². The number of nitrogens with one attached hydrogen (secondary N) is 1. The van der Waals surface area contributed by atoms with E-state index in [2.05, 4.69) is 5.32 Å². The Balaban J connectivity index is 2.23. The summed E-state index contributed by atoms with van der Waals surface area (Å²) >= 11 is 0. The molecule has 21 heavy (non-hydrogen) atoms. The highest BCUT2D eigenvalue weighted by molar-refractivity contribution is 5.96. The summed E-state index contributed by atoms with van der Waals surface area (Å²) < 4.78 is 5.15. The number of carbonyl (C=O) groups is 1. The van der Waals surface area contributed by atoms with Crippen molar-refractivity contribution < 1.29 is 9.21 Å². The molecule has 0 spiro atoms. The number of hydrogen-bond donors (Lipinski definition) is 2. The second kappa shape index (κ2) is 6.10. The van der Waals surface area contributed by atoms with Crippen LogP contribution in [0.2, 0.25) is 0 Å². The van der Waals surface area contributed by atoms with E-state index in [-0.39, 0.29) is 5.91 Å². The summed E-state index contributed by atoms with van der Waals surface area (Å²) in [5.41, 5.74) is 7.31. The van der Waals surface area contributed by atoms with E-state index < -0.39 is 11.7 Å². The van der Waals surface area contributed by atoms with Crippen molar-refractivity contribution in [1.29, 1.82) is 0 Å². The van der Waals surface area contributed by atoms with Gasteiger partial charge in [0, 0.05) is 23.2 Å². The highest BCUT2D eigenvalue weighted by Gasteiger charge is 2.15. The van der Waals surface area contributed by atoms with Gasteiger partial charge in [-0.05, 0) is 37.0 Å². The number of anilines is 1. The highest BCUT2D eigenvalue weighted by Crippen LogP contribution is 2.21. The predicted molar refractivity (Wildman–Crippen MR) is 83.3 cm³/mol. The van der Waals surface area contributed by atoms with Crippen molar-refractivity contribution in [3.8, 4) is 0 Å². The van der Waals surface area contributed by atoms with E-state index >= 15 is 0 Å². The third-order valence-corrected chi connectivity index (χ3v) is 3.28. The van der Waals surface area contributed by atoms with E-state index in [1.807, 2.05) is 26.8 Å². The molecule has 0 aliphatic rings. The average molecular weight is 288 g/mol. The molecule has 0 saturated carbocycles. The molecule has 1 amide bonds. The van der Waals surface area contributed by atoms with Gasteiger partial charge in [-0.2, -0.15) is 0 Å². The van der Waals surface area contributed by atoms with Crippen LogP contribution < -0.4 is 16.7 Å². The van der Waals surface area contributed by atoms with E-state index in [0.717, 1.165) is 10.9 Å². The van der Waals surface area contributed by atoms with Crippen molar-refractivity contribution in [2.45, 2.75) is 33.2 Å². The molecule has 5 heteroatoms. The molecule has 3 N–H and O–H groups in total. The molecule has 1 aromatic heterocycles. The first kappa shape index (κ1) is 15.3. The van der Waals surface area contributed by atoms with Gasteiger partial charge in [-0.1, -0.05) is 13.8 Å². The number of aryl methyl sites for hydroxylation is 1. The summed E-state index contributed by atoms with van der Waals surface area (Å²) in [4.78, 5) is 23.4. The molecule has 1 heterocycles. The van der Waals surface area contributed by atoms with Crippen LogP contribution in [0.3, 0.4) is 0 Å². The minimum atomic E-state index is -0.551. The molecule has 0 unspecified atom stereocenters. The normalized spacial score (nSPS) is 12.6. The maximum Gasteiger partial charge on any atom is 0.336 e. The molecule has 5 nitrogen and oxygen atoms in total. The molecule has 0 aliphatic heterocycles. The largest absolute Gasteiger partial charge is 0.423 e. The van der Waals surface area contributed by atoms with Gasteiger partial charge in [0.25, 0.3) is 0 Å². The Labute approximate surface area is 123 Å². The lowest BCUT2D eigenvalue weighted by Crippen LogP contribution is -2.36. The van der Waals surface area contributed by atoms with Crippen molar-refractivity contribution >= 4 is 22.6 Å². The molecular formula is C16H20N2O3. The molecule has 0 radical (unpaired) electrons. The van der Waals surface area contributed by atoms with Gasteiger partial charge in [-0.25, -0.2) is 4.79 Å². The van der Waals surface area contributed by atoms with E-state index in [1.165, 1.54) is 6.07 Å². The van der Waals surface area contributed by atoms with Gasteiger partial charge in [0.2, 0.25) is 5.91 Å². The standard InChI is InChI=1S/C16H20N2O3/c1-9(2)6-13(17)16(20)18-11-4-5-12-10(3)7-15(19)21-14(12)8-11/h4-5,7-9,13H,6,17H2,1-3H3,(H,18,20)/t13-/m0/s1. The van der Waals surface area contributed by atoms with Gasteiger partial charge in [0.1, 0.15) is 5.58 Å². The van der Waals surface area contributed by atoms with Gasteiger partial charge in [0.05, 0.1) is 6.04 Å². The molecule has 0 bridgehead atoms. The van der Waals surface area contributed by atoms with Crippen LogP contribution in [0.4, 0.5) is 5.69 Å². The Hall–Kier alpha value is -2.14. The topological polar surface area (TPSA) is 85.3 Å². The quantitative estimate of drug-likeness (QED) is 0.846. The second-order valence-electron chi connectivity index (χ2n) is 5.68. The van der Waals surface area contributed by atoms with Crippen LogP contribution in [-0.2, 0) is 4.79 Å². The maximum absolute atomic E-state index is 12.0. The van der Waals surface area contributed by atoms with Gasteiger partial charge in [-0.15, -0.1) is 0 Å². The van der Waals surface area contributed by atoms with Gasteiger partial charge < -0.3 is 15.5 Å². The van der Waals surface area contributed by atoms with E-state index in [1.54, 1.807) is 12.1 Å². The molecule has 1 aromatic carbocycles. The smallest absolute Gasteiger partial charge is 0.336 e. The summed E-state index contributed by atoms with van der Waals surface area (Å²) in [5.74, 6) is 0.112. The molecular weight excluding hydrogens is 268 g/mol. The second-order valence-corrected chi connectivity index (χ2v) is 5.68. The number of carbonyl (C=O) groups excluding carboxylic acids is 1. The van der Waals surface area contributed by atoms with Crippen LogP contribution in [0.1, 0.15) is 25.8 Å². The summed E-state index contributed by atoms with van der Waals surface area (Å²) in [7, 11) is 0. The Morgan fingerprint density at radius 2 is 2.05 bits per heavy atom. The first-order valence-corrected chi connectivity index (χ1v) is 6.98. The Morgan fingerprint density at radius 3 is 2.71 bits per heavy atom. The van der Waals surface area contributed by atoms with Crippen molar-refractivity contribution in [2.75, 3.05) is 5.32 Å². The number of hydrogen-bond acceptors (Lipinski definition) is 4. The van der Waals surface area contributed by atoms with Crippen LogP contribution in [0.5, 0.6) is 0 Å². The number of rotatable bonds is 4. The molecule has 112 valence electrons. The first-order valence-electron chi connectivity index (χ1n) is 6.98. The van der Waals surface area contributed by atoms with E-state index in [0.29, 0.717) is 23.6 Å². The summed E-state index contributed by atoms with van der Waals surface area (Å²) in [6.45, 7) is 5.87. The van der Waals surface area contributed by atoms with Gasteiger partial charge in [0.15, 0.2) is 0 Å². The molecule has 2 rings (SSSR count). The van der Waals surface area contributed by atoms with Crippen LogP contribution in [0.15, 0.2) is 33.5 Å². The number of fused-ring (bicyclic) bond motifs is 1. The zero-order valence-electron chi connectivity index (χ0n) is 12.5. The fraction of sp³-hybridized carbons (Fsp3) is 0.375. The monoisotopic (exact) mass is 288 g/mol. The van der Waals surface area contributed by atoms with Crippen LogP contribution in [-0.4, -0.2) is 11.9 Å². The number of benzene rings is 1. The number of nitrogens with two attached hydrogens (primary N) is 1. The third kappa shape index (κ3) is 3.70. The summed E-state index contributed by atoms with van der Waals surface area (Å²) in [6.07, 6.45) is 0.619. The molecule has 0 saturated heterocycles. The lowest BCUT2D eigenvalue weighted by molar-refractivity contribution is -0.117. The van der Waals surface area contributed by atoms with E-state index in [9.17, 15) is 9.59 Å².